The highest BCUT2D eigenvalue weighted by Gasteiger charge is 2.42. The van der Waals surface area contributed by atoms with Crippen molar-refractivity contribution < 1.29 is 107 Å². The predicted octanol–water partition coefficient (Wildman–Crippen LogP) is -7.51. The van der Waals surface area contributed by atoms with Gasteiger partial charge in [-0.3, -0.25) is 76.7 Å². The van der Waals surface area contributed by atoms with Crippen LogP contribution in [0.2, 0.25) is 0 Å². The first kappa shape index (κ1) is 89.4. The number of aliphatic carboxylic acids is 2. The van der Waals surface area contributed by atoms with E-state index in [1.165, 1.54) is 55.5 Å². The number of amides is 15. The lowest BCUT2D eigenvalue weighted by Crippen LogP contribution is -2.61. The SMILES string of the molecule is C[C@@H]1NC(=O)[C@H](C)NC(=O)[C@@H]2CCCN2C(=O)[C@H](CC(N)=O)NC(=O)[C@H](CS)NC(=O)[C@H](CS)NC(=O)[C@H](Cc2ccc(O)cc2)NC(=O)[C@H](CCC(=O)O)NC(=O)[C@@H](NC(=O)[C@@H](N)CS)CSSC[C@@H](C(=O)N[C@H](C(=O)NCC(=O)N[C@@H](CS)C(=O)N[C@@H](Cc2ccc(O)cc2)C(=O)O)[C@@H](C)O)NC1=O. The van der Waals surface area contributed by atoms with Crippen LogP contribution in [0.3, 0.4) is 0 Å². The van der Waals surface area contributed by atoms with Crippen LogP contribution in [0, 0.1) is 0 Å². The molecule has 0 unspecified atom stereocenters. The number of carboxylic acids is 2. The van der Waals surface area contributed by atoms with Crippen LogP contribution >= 0.6 is 72.1 Å². The smallest absolute Gasteiger partial charge is 0.326 e. The number of aromatic hydroxyl groups is 2. The summed E-state index contributed by atoms with van der Waals surface area (Å²) >= 11 is 16.6. The van der Waals surface area contributed by atoms with E-state index in [9.17, 15) is 107 Å². The van der Waals surface area contributed by atoms with E-state index in [2.05, 4.69) is 120 Å². The van der Waals surface area contributed by atoms with Gasteiger partial charge >= 0.3 is 11.9 Å². The van der Waals surface area contributed by atoms with Gasteiger partial charge < -0.3 is 111 Å². The summed E-state index contributed by atoms with van der Waals surface area (Å²) in [6.07, 6.45) is -4.52. The van der Waals surface area contributed by atoms with Gasteiger partial charge in [0, 0.05) is 60.3 Å². The molecule has 0 aliphatic carbocycles. The van der Waals surface area contributed by atoms with E-state index in [0.29, 0.717) is 5.56 Å². The van der Waals surface area contributed by atoms with Crippen molar-refractivity contribution in [3.63, 3.8) is 0 Å². The minimum Gasteiger partial charge on any atom is -0.508 e. The number of benzene rings is 2. The lowest BCUT2D eigenvalue weighted by atomic mass is 10.0. The molecule has 0 aromatic heterocycles. The number of phenolic OH excluding ortho intramolecular Hbond substituents is 2. The predicted molar refractivity (Wildman–Crippen MR) is 394 cm³/mol. The van der Waals surface area contributed by atoms with Gasteiger partial charge in [-0.05, 0) is 75.4 Å². The Balaban J connectivity index is 1.74. The molecule has 584 valence electrons. The molecular formula is C62H88N16O22S6. The second-order valence-corrected chi connectivity index (χ2v) is 28.3. The Kier molecular flexibility index (Phi) is 37.3. The van der Waals surface area contributed by atoms with Crippen molar-refractivity contribution in [2.75, 3.05) is 47.6 Å². The number of aliphatic hydroxyl groups excluding tert-OH is 1. The monoisotopic (exact) mass is 1600 g/mol. The fourth-order valence-corrected chi connectivity index (χ4v) is 13.3. The number of aliphatic hydroxyl groups is 1. The first-order chi connectivity index (χ1) is 50.0. The van der Waals surface area contributed by atoms with Gasteiger partial charge in [0.05, 0.1) is 25.1 Å². The number of nitrogens with two attached hydrogens (primary N) is 2. The molecule has 2 fully saturated rings. The van der Waals surface area contributed by atoms with Gasteiger partial charge in [-0.1, -0.05) is 45.9 Å². The van der Waals surface area contributed by atoms with Gasteiger partial charge in [0.25, 0.3) is 0 Å². The summed E-state index contributed by atoms with van der Waals surface area (Å²) in [5.74, 6) is -22.1. The van der Waals surface area contributed by atoms with Gasteiger partial charge in [0.2, 0.25) is 88.6 Å². The zero-order chi connectivity index (χ0) is 79.2. The van der Waals surface area contributed by atoms with Gasteiger partial charge in [0.1, 0.15) is 90.0 Å². The zero-order valence-electron chi connectivity index (χ0n) is 57.3. The first-order valence-electron chi connectivity index (χ1n) is 32.6. The second kappa shape index (κ2) is 44.2. The third kappa shape index (κ3) is 29.1. The summed E-state index contributed by atoms with van der Waals surface area (Å²) in [6, 6.07) is -12.1. The van der Waals surface area contributed by atoms with Crippen LogP contribution in [0.4, 0.5) is 0 Å². The highest BCUT2D eigenvalue weighted by molar-refractivity contribution is 8.76. The van der Waals surface area contributed by atoms with Crippen LogP contribution in [0.5, 0.6) is 11.5 Å². The van der Waals surface area contributed by atoms with Gasteiger partial charge in [0.15, 0.2) is 0 Å². The molecule has 0 spiro atoms. The van der Waals surface area contributed by atoms with Crippen LogP contribution in [-0.2, 0) is 94.3 Å². The van der Waals surface area contributed by atoms with E-state index in [4.69, 9.17) is 11.5 Å². The molecule has 2 heterocycles. The highest BCUT2D eigenvalue weighted by atomic mass is 33.1. The standard InChI is InChI=1S/C62H88N16O22S6/c1-27-49(86)66-28(2)50(87)75-43(58(95)77-48(29(3)79)60(97)65-20-46(83)68-39(22-102)54(91)72-38(62(99)100)18-31-8-12-33(81)13-9-31)26-106-105-25-42(76-51(88)34(63)21-101)57(94)69-35(14-15-47(84)85)52(89)70-36(17-30-6-10-32(80)11-7-30)53(90)73-41(24-104)56(93)74-40(23-103)55(92)71-37(19-45(64)82)61(98)78-16-4-5-44(78)59(96)67-27/h6-13,27-29,34-44,48,79-81,101-104H,4-5,14-26,63H2,1-3H3,(H2,64,82)(H,65,97)(H,66,86)(H,67,96)(H,68,83)(H,69,94)(H,70,89)(H,71,92)(H,72,91)(H,73,90)(H,74,93)(H,75,87)(H,76,88)(H,77,95)(H,84,85)(H,99,100)/t27-,28-,29+,34-,35-,36-,37-,38-,39-,40-,41-,42-,43-,44-,48-/m0/s1. The molecule has 2 aliphatic rings. The molecular weight excluding hydrogens is 1510 g/mol. The minimum atomic E-state index is -1.94. The maximum atomic E-state index is 14.5. The third-order valence-electron chi connectivity index (χ3n) is 15.9. The molecule has 2 aromatic carbocycles. The number of hydrogen-bond acceptors (Lipinski definition) is 27. The van der Waals surface area contributed by atoms with E-state index in [1.807, 2.05) is 0 Å². The molecule has 2 aliphatic heterocycles. The lowest BCUT2D eigenvalue weighted by molar-refractivity contribution is -0.143. The van der Waals surface area contributed by atoms with Crippen molar-refractivity contribution in [2.45, 2.75) is 156 Å². The third-order valence-corrected chi connectivity index (χ3v) is 19.9. The maximum Gasteiger partial charge on any atom is 0.326 e. The minimum absolute atomic E-state index is 0.00165. The largest absolute Gasteiger partial charge is 0.508 e. The number of hydrogen-bond donors (Lipinski definition) is 24. The van der Waals surface area contributed by atoms with E-state index >= 15 is 0 Å². The molecule has 0 radical (unpaired) electrons. The summed E-state index contributed by atoms with van der Waals surface area (Å²) < 4.78 is 0. The number of thiol groups is 4. The molecule has 22 N–H and O–H groups in total. The topological polar surface area (TPSA) is 603 Å². The Morgan fingerprint density at radius 3 is 1.66 bits per heavy atom. The van der Waals surface area contributed by atoms with Crippen molar-refractivity contribution in [3.05, 3.63) is 59.7 Å². The van der Waals surface area contributed by atoms with Crippen LogP contribution in [-0.4, -0.2) is 269 Å². The van der Waals surface area contributed by atoms with Crippen molar-refractivity contribution >= 4 is 173 Å². The van der Waals surface area contributed by atoms with Crippen LogP contribution in [0.1, 0.15) is 64.0 Å². The number of carboxylic acid groups (broad SMARTS) is 2. The van der Waals surface area contributed by atoms with Crippen LogP contribution in [0.25, 0.3) is 0 Å². The average molecular weight is 1600 g/mol. The second-order valence-electron chi connectivity index (χ2n) is 24.3. The number of nitrogens with zero attached hydrogens (tertiary/aromatic N) is 1. The Morgan fingerprint density at radius 1 is 0.604 bits per heavy atom. The average Bonchev–Trinajstić information content (AvgIpc) is 1.61. The number of carbonyl (C=O) groups excluding carboxylic acids is 15. The van der Waals surface area contributed by atoms with E-state index < -0.39 is 246 Å². The highest BCUT2D eigenvalue weighted by Crippen LogP contribution is 2.25. The maximum absolute atomic E-state index is 14.5. The summed E-state index contributed by atoms with van der Waals surface area (Å²) in [4.78, 5) is 233. The molecule has 4 rings (SSSR count). The number of fused-ring (bicyclic) bond motifs is 1. The lowest BCUT2D eigenvalue weighted by Gasteiger charge is -2.30. The molecule has 2 aromatic rings. The van der Waals surface area contributed by atoms with Crippen LogP contribution in [0.15, 0.2) is 48.5 Å². The normalized spacial score (nSPS) is 23.7. The molecule has 2 saturated heterocycles. The molecule has 38 nitrogen and oxygen atoms in total. The quantitative estimate of drug-likeness (QED) is 0.0324. The molecule has 0 saturated carbocycles. The van der Waals surface area contributed by atoms with E-state index in [0.717, 1.165) is 40.3 Å². The van der Waals surface area contributed by atoms with Crippen molar-refractivity contribution in [2.24, 2.45) is 11.5 Å². The van der Waals surface area contributed by atoms with Crippen molar-refractivity contribution in [1.82, 2.24) is 74.0 Å². The molecule has 0 bridgehead atoms. The number of carbonyl (C=O) groups is 17. The molecule has 106 heavy (non-hydrogen) atoms. The van der Waals surface area contributed by atoms with Gasteiger partial charge in [-0.15, -0.1) is 0 Å². The Labute approximate surface area is 636 Å². The van der Waals surface area contributed by atoms with Gasteiger partial charge in [-0.2, -0.15) is 50.5 Å². The molecule has 15 amide bonds. The summed E-state index contributed by atoms with van der Waals surface area (Å²) in [7, 11) is 1.46. The number of nitrogens with one attached hydrogen (secondary N) is 13. The fraction of sp³-hybridized carbons (Fsp3) is 0.532. The van der Waals surface area contributed by atoms with E-state index in [1.54, 1.807) is 0 Å². The number of phenols is 2. The van der Waals surface area contributed by atoms with Crippen LogP contribution < -0.4 is 80.6 Å². The van der Waals surface area contributed by atoms with E-state index in [-0.39, 0.29) is 54.4 Å². The Morgan fingerprint density at radius 2 is 1.12 bits per heavy atom. The molecule has 44 heteroatoms. The van der Waals surface area contributed by atoms with Gasteiger partial charge in [-0.25, -0.2) is 4.79 Å². The Bertz CT molecular complexity index is 3520. The van der Waals surface area contributed by atoms with Crippen molar-refractivity contribution in [1.29, 1.82) is 0 Å². The number of rotatable bonds is 25. The van der Waals surface area contributed by atoms with Crippen molar-refractivity contribution in [3.8, 4) is 11.5 Å². The Hall–Kier alpha value is -8.95. The fourth-order valence-electron chi connectivity index (χ4n) is 10.0. The first-order valence-corrected chi connectivity index (χ1v) is 37.6. The molecule has 15 atom stereocenters. The summed E-state index contributed by atoms with van der Waals surface area (Å²) in [5.41, 5.74) is 12.2. The number of primary amides is 1. The summed E-state index contributed by atoms with van der Waals surface area (Å²) in [6.45, 7) is 2.40. The summed E-state index contributed by atoms with van der Waals surface area (Å²) in [5, 5.41) is 80.8. The zero-order valence-corrected chi connectivity index (χ0v) is 62.5.